The van der Waals surface area contributed by atoms with E-state index in [1.807, 2.05) is 6.07 Å². The van der Waals surface area contributed by atoms with E-state index in [9.17, 15) is 4.79 Å². The third kappa shape index (κ3) is 3.55. The third-order valence-corrected chi connectivity index (χ3v) is 5.57. The smallest absolute Gasteiger partial charge is 0.271 e. The van der Waals surface area contributed by atoms with Crippen molar-refractivity contribution in [3.05, 3.63) is 53.7 Å². The summed E-state index contributed by atoms with van der Waals surface area (Å²) >= 11 is 0. The van der Waals surface area contributed by atoms with Gasteiger partial charge in [-0.1, -0.05) is 30.3 Å². The zero-order valence-electron chi connectivity index (χ0n) is 15.1. The maximum atomic E-state index is 11.6. The van der Waals surface area contributed by atoms with Crippen molar-refractivity contribution < 1.29 is 4.79 Å². The van der Waals surface area contributed by atoms with Gasteiger partial charge < -0.3 is 10.6 Å². The van der Waals surface area contributed by atoms with Gasteiger partial charge in [-0.25, -0.2) is 0 Å². The van der Waals surface area contributed by atoms with Gasteiger partial charge in [0.05, 0.1) is 0 Å². The van der Waals surface area contributed by atoms with Crippen LogP contribution in [-0.2, 0) is 6.54 Å². The fraction of sp³-hybridized carbons (Fsp3) is 0.450. The summed E-state index contributed by atoms with van der Waals surface area (Å²) in [5.74, 6) is 0.537. The molecule has 2 aliphatic rings. The number of amides is 1. The number of hydrogen-bond acceptors (Lipinski definition) is 5. The van der Waals surface area contributed by atoms with E-state index in [1.54, 1.807) is 13.1 Å². The molecule has 2 unspecified atom stereocenters. The van der Waals surface area contributed by atoms with Crippen molar-refractivity contribution in [2.75, 3.05) is 12.4 Å². The number of fused-ring (bicyclic) bond motifs is 2. The Morgan fingerprint density at radius 3 is 2.42 bits per heavy atom. The lowest BCUT2D eigenvalue weighted by molar-refractivity contribution is 0.0957. The highest BCUT2D eigenvalue weighted by Crippen LogP contribution is 2.37. The number of benzene rings is 1. The van der Waals surface area contributed by atoms with E-state index < -0.39 is 0 Å². The summed E-state index contributed by atoms with van der Waals surface area (Å²) in [6, 6.07) is 16.0. The third-order valence-electron chi connectivity index (χ3n) is 5.57. The van der Waals surface area contributed by atoms with Crippen LogP contribution in [0.1, 0.15) is 41.7 Å². The van der Waals surface area contributed by atoms with E-state index in [4.69, 9.17) is 0 Å². The van der Waals surface area contributed by atoms with Crippen LogP contribution >= 0.6 is 0 Å². The van der Waals surface area contributed by atoms with Crippen LogP contribution in [0.15, 0.2) is 42.5 Å². The zero-order chi connectivity index (χ0) is 17.9. The molecule has 4 rings (SSSR count). The van der Waals surface area contributed by atoms with Crippen LogP contribution < -0.4 is 10.6 Å². The molecule has 6 nitrogen and oxygen atoms in total. The average molecular weight is 351 g/mol. The topological polar surface area (TPSA) is 70.2 Å². The number of rotatable bonds is 5. The molecule has 0 aliphatic carbocycles. The van der Waals surface area contributed by atoms with Crippen LogP contribution in [0.5, 0.6) is 0 Å². The Labute approximate surface area is 154 Å². The number of piperidine rings is 1. The van der Waals surface area contributed by atoms with Gasteiger partial charge in [-0.3, -0.25) is 9.69 Å². The first-order chi connectivity index (χ1) is 12.7. The molecule has 3 heterocycles. The predicted octanol–water partition coefficient (Wildman–Crippen LogP) is 2.44. The summed E-state index contributed by atoms with van der Waals surface area (Å²) in [6.45, 7) is 1.05. The average Bonchev–Trinajstić information content (AvgIpc) is 2.91. The highest BCUT2D eigenvalue weighted by Gasteiger charge is 2.40. The Balaban J connectivity index is 1.37. The summed E-state index contributed by atoms with van der Waals surface area (Å²) in [5, 5.41) is 14.2. The molecule has 2 aliphatic heterocycles. The van der Waals surface area contributed by atoms with E-state index in [1.165, 1.54) is 18.4 Å². The molecule has 0 saturated carbocycles. The summed E-state index contributed by atoms with van der Waals surface area (Å²) < 4.78 is 0. The lowest BCUT2D eigenvalue weighted by atomic mass is 9.96. The molecular weight excluding hydrogens is 326 g/mol. The molecule has 26 heavy (non-hydrogen) atoms. The molecule has 1 amide bonds. The number of nitrogens with zero attached hydrogens (tertiary/aromatic N) is 3. The van der Waals surface area contributed by atoms with Crippen LogP contribution in [0.3, 0.4) is 0 Å². The molecule has 2 atom stereocenters. The second-order valence-electron chi connectivity index (χ2n) is 7.24. The molecule has 2 aromatic rings. The minimum absolute atomic E-state index is 0.212. The largest absolute Gasteiger partial charge is 0.366 e. The molecule has 2 bridgehead atoms. The van der Waals surface area contributed by atoms with Gasteiger partial charge in [0.2, 0.25) is 0 Å². The fourth-order valence-electron chi connectivity index (χ4n) is 4.31. The predicted molar refractivity (Wildman–Crippen MR) is 101 cm³/mol. The van der Waals surface area contributed by atoms with Gasteiger partial charge in [-0.15, -0.1) is 10.2 Å². The number of carbonyl (C=O) groups excluding carboxylic acids is 1. The Hall–Kier alpha value is -2.47. The molecule has 2 saturated heterocycles. The zero-order valence-corrected chi connectivity index (χ0v) is 15.1. The normalized spacial score (nSPS) is 25.0. The summed E-state index contributed by atoms with van der Waals surface area (Å²) in [5.41, 5.74) is 1.74. The minimum atomic E-state index is -0.212. The van der Waals surface area contributed by atoms with Gasteiger partial charge in [-0.05, 0) is 43.4 Å². The highest BCUT2D eigenvalue weighted by atomic mass is 16.1. The van der Waals surface area contributed by atoms with E-state index in [-0.39, 0.29) is 5.91 Å². The van der Waals surface area contributed by atoms with E-state index in [2.05, 4.69) is 56.1 Å². The first-order valence-corrected chi connectivity index (χ1v) is 9.35. The lowest BCUT2D eigenvalue weighted by Crippen LogP contribution is -2.46. The molecule has 6 heteroatoms. The van der Waals surface area contributed by atoms with Crippen molar-refractivity contribution in [3.63, 3.8) is 0 Å². The minimum Gasteiger partial charge on any atom is -0.366 e. The Morgan fingerprint density at radius 2 is 1.81 bits per heavy atom. The highest BCUT2D eigenvalue weighted by molar-refractivity contribution is 5.91. The quantitative estimate of drug-likeness (QED) is 0.866. The van der Waals surface area contributed by atoms with Crippen molar-refractivity contribution in [3.8, 4) is 0 Å². The maximum Gasteiger partial charge on any atom is 0.271 e. The standard InChI is InChI=1S/C20H25N5O/c1-21-20(26)18-9-10-19(24-23-18)22-15-11-16-7-8-17(12-15)25(16)13-14-5-3-2-4-6-14/h2-6,9-10,15-17H,7-8,11-13H2,1H3,(H,21,26)(H,22,24). The van der Waals surface area contributed by atoms with Crippen molar-refractivity contribution >= 4 is 11.7 Å². The molecular formula is C20H25N5O. The van der Waals surface area contributed by atoms with Crippen molar-refractivity contribution in [1.82, 2.24) is 20.4 Å². The van der Waals surface area contributed by atoms with Gasteiger partial charge in [0, 0.05) is 31.7 Å². The van der Waals surface area contributed by atoms with E-state index >= 15 is 0 Å². The van der Waals surface area contributed by atoms with Crippen molar-refractivity contribution in [2.24, 2.45) is 0 Å². The van der Waals surface area contributed by atoms with Crippen LogP contribution in [0.2, 0.25) is 0 Å². The molecule has 1 aromatic carbocycles. The van der Waals surface area contributed by atoms with Gasteiger partial charge in [0.15, 0.2) is 5.69 Å². The fourth-order valence-corrected chi connectivity index (χ4v) is 4.31. The Morgan fingerprint density at radius 1 is 1.08 bits per heavy atom. The van der Waals surface area contributed by atoms with Gasteiger partial charge in [0.1, 0.15) is 5.82 Å². The number of carbonyl (C=O) groups is 1. The first kappa shape index (κ1) is 17.0. The molecule has 1 aromatic heterocycles. The lowest BCUT2D eigenvalue weighted by Gasteiger charge is -2.39. The van der Waals surface area contributed by atoms with Gasteiger partial charge in [-0.2, -0.15) is 0 Å². The van der Waals surface area contributed by atoms with Crippen LogP contribution in [0.25, 0.3) is 0 Å². The Bertz CT molecular complexity index is 735. The van der Waals surface area contributed by atoms with Gasteiger partial charge in [0.25, 0.3) is 5.91 Å². The summed E-state index contributed by atoms with van der Waals surface area (Å²) in [7, 11) is 1.59. The number of hydrogen-bond donors (Lipinski definition) is 2. The van der Waals surface area contributed by atoms with Crippen LogP contribution in [0, 0.1) is 0 Å². The molecule has 2 N–H and O–H groups in total. The molecule has 2 fully saturated rings. The summed E-state index contributed by atoms with van der Waals surface area (Å²) in [6.07, 6.45) is 4.80. The van der Waals surface area contributed by atoms with Crippen molar-refractivity contribution in [1.29, 1.82) is 0 Å². The van der Waals surface area contributed by atoms with E-state index in [0.717, 1.165) is 25.2 Å². The second kappa shape index (κ2) is 7.41. The van der Waals surface area contributed by atoms with Crippen molar-refractivity contribution in [2.45, 2.75) is 50.4 Å². The SMILES string of the molecule is CNC(=O)c1ccc(NC2CC3CCC(C2)N3Cc2ccccc2)nn1. The van der Waals surface area contributed by atoms with Crippen LogP contribution in [0.4, 0.5) is 5.82 Å². The van der Waals surface area contributed by atoms with E-state index in [0.29, 0.717) is 23.8 Å². The van der Waals surface area contributed by atoms with Gasteiger partial charge >= 0.3 is 0 Å². The molecule has 0 radical (unpaired) electrons. The van der Waals surface area contributed by atoms with Crippen LogP contribution in [-0.4, -0.2) is 46.2 Å². The maximum absolute atomic E-state index is 11.6. The second-order valence-corrected chi connectivity index (χ2v) is 7.24. The summed E-state index contributed by atoms with van der Waals surface area (Å²) in [4.78, 5) is 14.2. The monoisotopic (exact) mass is 351 g/mol. The number of nitrogens with one attached hydrogen (secondary N) is 2. The number of anilines is 1. The first-order valence-electron chi connectivity index (χ1n) is 9.35. The molecule has 0 spiro atoms. The Kier molecular flexibility index (Phi) is 4.84. The molecule has 136 valence electrons. The number of aromatic nitrogens is 2.